The van der Waals surface area contributed by atoms with Gasteiger partial charge < -0.3 is 14.6 Å². The maximum absolute atomic E-state index is 13.7. The van der Waals surface area contributed by atoms with Crippen molar-refractivity contribution >= 4 is 27.3 Å². The summed E-state index contributed by atoms with van der Waals surface area (Å²) in [5, 5.41) is 21.7. The molecule has 3 aromatic heterocycles. The molecule has 2 aromatic carbocycles. The fraction of sp³-hybridized carbons (Fsp3) is 0.0435. The van der Waals surface area contributed by atoms with Crippen molar-refractivity contribution in [3.05, 3.63) is 83.3 Å². The van der Waals surface area contributed by atoms with Gasteiger partial charge in [-0.1, -0.05) is 11.3 Å². The standard InChI is InChI=1S/C23H14F2N2O4S/c1-11-2-9-16(31-11)20(28)18-19(12-3-5-13(24)6-4-12)27(22(30)21(18)29)23-26-15-8-7-14(25)10-17(15)32-23/h2-10,29-30H,1H3. The number of carbonyl (C=O) groups excluding carboxylic acids is 1. The molecule has 160 valence electrons. The number of fused-ring (bicyclic) bond motifs is 1. The average molecular weight is 452 g/mol. The third-order valence-electron chi connectivity index (χ3n) is 4.96. The van der Waals surface area contributed by atoms with Gasteiger partial charge in [-0.15, -0.1) is 0 Å². The second kappa shape index (κ2) is 7.31. The molecule has 2 N–H and O–H groups in total. The van der Waals surface area contributed by atoms with Crippen molar-refractivity contribution in [2.24, 2.45) is 0 Å². The van der Waals surface area contributed by atoms with Crippen molar-refractivity contribution in [3.63, 3.8) is 0 Å². The van der Waals surface area contributed by atoms with Crippen LogP contribution in [-0.4, -0.2) is 25.5 Å². The summed E-state index contributed by atoms with van der Waals surface area (Å²) in [5.74, 6) is -2.46. The predicted octanol–water partition coefficient (Wildman–Crippen LogP) is 5.58. The topological polar surface area (TPSA) is 88.5 Å². The van der Waals surface area contributed by atoms with Crippen LogP contribution in [0.3, 0.4) is 0 Å². The van der Waals surface area contributed by atoms with Gasteiger partial charge in [0.15, 0.2) is 16.6 Å². The number of thiazole rings is 1. The van der Waals surface area contributed by atoms with Crippen LogP contribution in [0.2, 0.25) is 0 Å². The van der Waals surface area contributed by atoms with Gasteiger partial charge in [0, 0.05) is 0 Å². The molecule has 0 bridgehead atoms. The molecule has 5 rings (SSSR count). The summed E-state index contributed by atoms with van der Waals surface area (Å²) in [5.41, 5.74) is 0.685. The van der Waals surface area contributed by atoms with Crippen LogP contribution >= 0.6 is 11.3 Å². The van der Waals surface area contributed by atoms with E-state index in [0.29, 0.717) is 21.5 Å². The van der Waals surface area contributed by atoms with Crippen LogP contribution in [0.5, 0.6) is 11.6 Å². The lowest BCUT2D eigenvalue weighted by Crippen LogP contribution is -2.04. The van der Waals surface area contributed by atoms with Crippen molar-refractivity contribution in [1.29, 1.82) is 0 Å². The molecule has 0 saturated heterocycles. The van der Waals surface area contributed by atoms with E-state index in [1.165, 1.54) is 53.1 Å². The molecule has 0 fully saturated rings. The van der Waals surface area contributed by atoms with Gasteiger partial charge in [-0.3, -0.25) is 9.36 Å². The second-order valence-electron chi connectivity index (χ2n) is 7.09. The van der Waals surface area contributed by atoms with Crippen LogP contribution in [-0.2, 0) is 0 Å². The first kappa shape index (κ1) is 20.0. The number of furan rings is 1. The van der Waals surface area contributed by atoms with E-state index in [1.54, 1.807) is 13.0 Å². The summed E-state index contributed by atoms with van der Waals surface area (Å²) >= 11 is 1.06. The van der Waals surface area contributed by atoms with Crippen molar-refractivity contribution in [3.8, 4) is 28.0 Å². The number of halogens is 2. The minimum atomic E-state index is -0.672. The molecule has 0 amide bonds. The number of carbonyl (C=O) groups is 1. The Labute approximate surface area is 183 Å². The van der Waals surface area contributed by atoms with Crippen molar-refractivity contribution in [1.82, 2.24) is 9.55 Å². The minimum Gasteiger partial charge on any atom is -0.503 e. The average Bonchev–Trinajstić information content (AvgIpc) is 3.44. The first-order chi connectivity index (χ1) is 15.3. The van der Waals surface area contributed by atoms with Crippen molar-refractivity contribution in [2.75, 3.05) is 0 Å². The number of ketones is 1. The van der Waals surface area contributed by atoms with Crippen LogP contribution in [0, 0.1) is 18.6 Å². The van der Waals surface area contributed by atoms with Crippen LogP contribution in [0.4, 0.5) is 8.78 Å². The molecule has 0 radical (unpaired) electrons. The largest absolute Gasteiger partial charge is 0.503 e. The summed E-state index contributed by atoms with van der Waals surface area (Å²) < 4.78 is 34.4. The number of aromatic nitrogens is 2. The molecular weight excluding hydrogens is 438 g/mol. The molecule has 9 heteroatoms. The lowest BCUT2D eigenvalue weighted by Gasteiger charge is -2.09. The first-order valence-electron chi connectivity index (χ1n) is 9.43. The Morgan fingerprint density at radius 3 is 2.44 bits per heavy atom. The summed E-state index contributed by atoms with van der Waals surface area (Å²) in [6, 6.07) is 12.3. The number of aromatic hydroxyl groups is 2. The molecule has 5 aromatic rings. The van der Waals surface area contributed by atoms with Crippen LogP contribution in [0.25, 0.3) is 26.6 Å². The van der Waals surface area contributed by atoms with Gasteiger partial charge in [0.25, 0.3) is 0 Å². The SMILES string of the molecule is Cc1ccc(C(=O)c2c(O)c(O)n(-c3nc4ccc(F)cc4s3)c2-c2ccc(F)cc2)o1. The van der Waals surface area contributed by atoms with E-state index >= 15 is 0 Å². The number of aryl methyl sites for hydroxylation is 1. The van der Waals surface area contributed by atoms with Crippen LogP contribution in [0.15, 0.2) is 59.0 Å². The highest BCUT2D eigenvalue weighted by Gasteiger charge is 2.32. The summed E-state index contributed by atoms with van der Waals surface area (Å²) in [4.78, 5) is 17.7. The van der Waals surface area contributed by atoms with E-state index in [-0.39, 0.29) is 22.1 Å². The van der Waals surface area contributed by atoms with E-state index in [9.17, 15) is 23.8 Å². The van der Waals surface area contributed by atoms with Crippen molar-refractivity contribution < 1.29 is 28.2 Å². The van der Waals surface area contributed by atoms with E-state index in [2.05, 4.69) is 4.98 Å². The quantitative estimate of drug-likeness (QED) is 0.348. The number of hydrogen-bond donors (Lipinski definition) is 2. The normalized spacial score (nSPS) is 11.3. The molecule has 0 aliphatic carbocycles. The third-order valence-corrected chi connectivity index (χ3v) is 5.96. The van der Waals surface area contributed by atoms with Gasteiger partial charge in [-0.05, 0) is 67.1 Å². The fourth-order valence-electron chi connectivity index (χ4n) is 3.49. The lowest BCUT2D eigenvalue weighted by molar-refractivity contribution is 0.101. The molecule has 6 nitrogen and oxygen atoms in total. The molecule has 0 unspecified atom stereocenters. The summed E-state index contributed by atoms with van der Waals surface area (Å²) in [7, 11) is 0. The monoisotopic (exact) mass is 452 g/mol. The molecule has 0 atom stereocenters. The molecular formula is C23H14F2N2O4S. The highest BCUT2D eigenvalue weighted by atomic mass is 32.1. The number of hydrogen-bond acceptors (Lipinski definition) is 6. The molecule has 0 aliphatic heterocycles. The second-order valence-corrected chi connectivity index (χ2v) is 8.10. The van der Waals surface area contributed by atoms with Gasteiger partial charge in [0.2, 0.25) is 11.7 Å². The number of nitrogens with zero attached hydrogens (tertiary/aromatic N) is 2. The van der Waals surface area contributed by atoms with Gasteiger partial charge in [0.1, 0.15) is 17.4 Å². The maximum Gasteiger partial charge on any atom is 0.242 e. The molecule has 3 heterocycles. The Bertz CT molecular complexity index is 1500. The number of benzene rings is 2. The summed E-state index contributed by atoms with van der Waals surface area (Å²) in [6.45, 7) is 1.67. The van der Waals surface area contributed by atoms with E-state index in [0.717, 1.165) is 11.3 Å². The third kappa shape index (κ3) is 3.14. The summed E-state index contributed by atoms with van der Waals surface area (Å²) in [6.07, 6.45) is 0. The zero-order valence-corrected chi connectivity index (χ0v) is 17.3. The Morgan fingerprint density at radius 2 is 1.75 bits per heavy atom. The highest BCUT2D eigenvalue weighted by Crippen LogP contribution is 2.45. The van der Waals surface area contributed by atoms with Gasteiger partial charge in [-0.2, -0.15) is 0 Å². The Morgan fingerprint density at radius 1 is 1.03 bits per heavy atom. The van der Waals surface area contributed by atoms with Gasteiger partial charge >= 0.3 is 0 Å². The smallest absolute Gasteiger partial charge is 0.242 e. The van der Waals surface area contributed by atoms with E-state index < -0.39 is 29.0 Å². The molecule has 32 heavy (non-hydrogen) atoms. The fourth-order valence-corrected chi connectivity index (χ4v) is 4.49. The zero-order valence-electron chi connectivity index (χ0n) is 16.5. The Balaban J connectivity index is 1.81. The molecule has 0 aliphatic rings. The lowest BCUT2D eigenvalue weighted by atomic mass is 10.0. The Kier molecular flexibility index (Phi) is 4.56. The Hall–Kier alpha value is -3.98. The molecule has 0 spiro atoms. The first-order valence-corrected chi connectivity index (χ1v) is 10.3. The van der Waals surface area contributed by atoms with Crippen LogP contribution in [0.1, 0.15) is 21.9 Å². The van der Waals surface area contributed by atoms with Gasteiger partial charge in [0.05, 0.1) is 21.5 Å². The van der Waals surface area contributed by atoms with Gasteiger partial charge in [-0.25, -0.2) is 13.8 Å². The van der Waals surface area contributed by atoms with Crippen LogP contribution < -0.4 is 0 Å². The molecule has 0 saturated carbocycles. The minimum absolute atomic E-state index is 0.0373. The predicted molar refractivity (Wildman–Crippen MR) is 115 cm³/mol. The highest BCUT2D eigenvalue weighted by molar-refractivity contribution is 7.20. The maximum atomic E-state index is 13.7. The van der Waals surface area contributed by atoms with E-state index in [4.69, 9.17) is 4.42 Å². The van der Waals surface area contributed by atoms with E-state index in [1.807, 2.05) is 0 Å². The number of rotatable bonds is 4. The van der Waals surface area contributed by atoms with Crippen molar-refractivity contribution in [2.45, 2.75) is 6.92 Å². The zero-order chi connectivity index (χ0) is 22.6.